The lowest BCUT2D eigenvalue weighted by atomic mass is 9.48. The van der Waals surface area contributed by atoms with Crippen LogP contribution in [0.2, 0.25) is 11.6 Å². The van der Waals surface area contributed by atoms with Gasteiger partial charge >= 0.3 is 0 Å². The van der Waals surface area contributed by atoms with E-state index in [-0.39, 0.29) is 0 Å². The van der Waals surface area contributed by atoms with E-state index in [1.54, 1.807) is 33.0 Å². The zero-order valence-electron chi connectivity index (χ0n) is 21.7. The van der Waals surface area contributed by atoms with Crippen LogP contribution in [0.4, 0.5) is 11.4 Å². The van der Waals surface area contributed by atoms with Gasteiger partial charge in [-0.05, 0) is 74.6 Å². The monoisotopic (exact) mass is 494 g/mol. The third-order valence-electron chi connectivity index (χ3n) is 6.96. The molecule has 2 aromatic rings. The number of benzene rings is 2. The lowest BCUT2D eigenvalue weighted by Gasteiger charge is -2.27. The topological polar surface area (TPSA) is 42.5 Å². The lowest BCUT2D eigenvalue weighted by Crippen LogP contribution is -2.18. The molecule has 0 unspecified atom stereocenters. The number of hydrogen-bond acceptors (Lipinski definition) is 3. The van der Waals surface area contributed by atoms with E-state index in [2.05, 4.69) is 10.6 Å². The van der Waals surface area contributed by atoms with Crippen LogP contribution >= 0.6 is 12.2 Å². The van der Waals surface area contributed by atoms with Crippen molar-refractivity contribution in [3.05, 3.63) is 48.5 Å². The fraction of sp³-hybridized carbons (Fsp3) is 0.552. The average molecular weight is 495 g/mol. The summed E-state index contributed by atoms with van der Waals surface area (Å²) in [6.07, 6.45) is 15.3. The summed E-state index contributed by atoms with van der Waals surface area (Å²) in [5, 5.41) is 6.80. The first-order chi connectivity index (χ1) is 17.2. The Balaban J connectivity index is 0.000000223. The molecule has 0 aromatic heterocycles. The highest BCUT2D eigenvalue weighted by Gasteiger charge is 2.21. The Labute approximate surface area is 218 Å². The van der Waals surface area contributed by atoms with Crippen molar-refractivity contribution in [2.24, 2.45) is 0 Å². The van der Waals surface area contributed by atoms with E-state index in [0.29, 0.717) is 18.3 Å². The predicted octanol–water partition coefficient (Wildman–Crippen LogP) is 8.22. The number of nitrogens with one attached hydrogen (secondary N) is 2. The van der Waals surface area contributed by atoms with Crippen LogP contribution in [-0.4, -0.2) is 25.6 Å². The molecule has 0 atom stereocenters. The molecule has 2 aliphatic rings. The Morgan fingerprint density at radius 1 is 0.686 bits per heavy atom. The molecule has 0 radical (unpaired) electrons. The minimum absolute atomic E-state index is 0.535. The highest BCUT2D eigenvalue weighted by atomic mass is 32.1. The molecular formula is C29H43BN2O2S. The molecule has 0 bridgehead atoms. The molecule has 0 amide bonds. The van der Waals surface area contributed by atoms with Crippen molar-refractivity contribution in [2.45, 2.75) is 89.7 Å². The van der Waals surface area contributed by atoms with Gasteiger partial charge in [0.05, 0.1) is 13.2 Å². The van der Waals surface area contributed by atoms with Gasteiger partial charge in [0.15, 0.2) is 5.11 Å². The molecule has 4 nitrogen and oxygen atoms in total. The molecule has 4 rings (SSSR count). The molecule has 0 heterocycles. The van der Waals surface area contributed by atoms with Crippen LogP contribution in [0.3, 0.4) is 0 Å². The molecular weight excluding hydrogens is 451 g/mol. The normalized spacial score (nSPS) is 16.4. The zero-order chi connectivity index (χ0) is 24.7. The zero-order valence-corrected chi connectivity index (χ0v) is 22.5. The van der Waals surface area contributed by atoms with Crippen LogP contribution in [0.5, 0.6) is 11.5 Å². The predicted molar refractivity (Wildman–Crippen MR) is 156 cm³/mol. The second-order valence-corrected chi connectivity index (χ2v) is 10.1. The maximum absolute atomic E-state index is 5.40. The first-order valence-corrected chi connectivity index (χ1v) is 14.1. The Bertz CT molecular complexity index is 778. The highest BCUT2D eigenvalue weighted by Crippen LogP contribution is 2.36. The Kier molecular flexibility index (Phi) is 12.3. The van der Waals surface area contributed by atoms with Gasteiger partial charge in [-0.15, -0.1) is 0 Å². The van der Waals surface area contributed by atoms with E-state index < -0.39 is 0 Å². The van der Waals surface area contributed by atoms with E-state index in [1.165, 1.54) is 38.5 Å². The summed E-state index contributed by atoms with van der Waals surface area (Å²) in [5.41, 5.74) is 1.82. The summed E-state index contributed by atoms with van der Waals surface area (Å²) in [6.45, 7) is 5.24. The lowest BCUT2D eigenvalue weighted by molar-refractivity contribution is 0.340. The van der Waals surface area contributed by atoms with E-state index in [1.807, 2.05) is 62.4 Å². The Hall–Kier alpha value is -2.21. The summed E-state index contributed by atoms with van der Waals surface area (Å²) in [7, 11) is 1.58. The van der Waals surface area contributed by atoms with Crippen LogP contribution in [-0.2, 0) is 0 Å². The van der Waals surface area contributed by atoms with E-state index in [9.17, 15) is 0 Å². The minimum Gasteiger partial charge on any atom is -0.494 e. The SMILES string of the molecule is B(C1CCCCC1)C1CCCCC1.CCOc1ccc(NC(=S)Nc2ccc(OCC)cc2)cc1. The second kappa shape index (κ2) is 15.7. The number of ether oxygens (including phenoxy) is 2. The van der Waals surface area contributed by atoms with Crippen molar-refractivity contribution in [1.29, 1.82) is 0 Å². The van der Waals surface area contributed by atoms with Gasteiger partial charge in [-0.25, -0.2) is 0 Å². The largest absolute Gasteiger partial charge is 0.494 e. The first kappa shape index (κ1) is 27.4. The van der Waals surface area contributed by atoms with Crippen LogP contribution in [0.15, 0.2) is 48.5 Å². The standard InChI is InChI=1S/C17H20N2O2S.C12H23B/c1-3-20-15-9-5-13(6-10-15)18-17(22)19-14-7-11-16(12-8-14)21-4-2;1-3-7-11(8-4-1)13-12-9-5-2-6-10-12/h5-12H,3-4H2,1-2H3,(H2,18,19,22);11-13H,1-10H2. The van der Waals surface area contributed by atoms with Gasteiger partial charge in [-0.3, -0.25) is 0 Å². The van der Waals surface area contributed by atoms with Gasteiger partial charge < -0.3 is 20.1 Å². The highest BCUT2D eigenvalue weighted by molar-refractivity contribution is 7.80. The first-order valence-electron chi connectivity index (χ1n) is 13.7. The van der Waals surface area contributed by atoms with Crippen LogP contribution in [0, 0.1) is 0 Å². The van der Waals surface area contributed by atoms with Crippen LogP contribution in [0.1, 0.15) is 78.1 Å². The summed E-state index contributed by atoms with van der Waals surface area (Å²) in [6, 6.07) is 15.3. The van der Waals surface area contributed by atoms with Crippen molar-refractivity contribution in [3.8, 4) is 11.5 Å². The number of anilines is 2. The van der Waals surface area contributed by atoms with E-state index >= 15 is 0 Å². The van der Waals surface area contributed by atoms with Crippen molar-refractivity contribution < 1.29 is 9.47 Å². The molecule has 6 heteroatoms. The van der Waals surface area contributed by atoms with Gasteiger partial charge in [0.2, 0.25) is 0 Å². The fourth-order valence-electron chi connectivity index (χ4n) is 5.21. The maximum Gasteiger partial charge on any atom is 0.175 e. The molecule has 2 N–H and O–H groups in total. The smallest absolute Gasteiger partial charge is 0.175 e. The third-order valence-corrected chi connectivity index (χ3v) is 7.17. The molecule has 35 heavy (non-hydrogen) atoms. The second-order valence-electron chi connectivity index (χ2n) is 9.74. The van der Waals surface area contributed by atoms with Crippen LogP contribution < -0.4 is 20.1 Å². The fourth-order valence-corrected chi connectivity index (χ4v) is 5.45. The Morgan fingerprint density at radius 3 is 1.40 bits per heavy atom. The van der Waals surface area contributed by atoms with Crippen molar-refractivity contribution in [3.63, 3.8) is 0 Å². The summed E-state index contributed by atoms with van der Waals surface area (Å²) in [4.78, 5) is 0. The minimum atomic E-state index is 0.535. The van der Waals surface area contributed by atoms with Crippen LogP contribution in [0.25, 0.3) is 0 Å². The summed E-state index contributed by atoms with van der Waals surface area (Å²) < 4.78 is 10.8. The molecule has 0 spiro atoms. The van der Waals surface area contributed by atoms with Crippen molar-refractivity contribution in [2.75, 3.05) is 23.8 Å². The van der Waals surface area contributed by atoms with Crippen molar-refractivity contribution >= 4 is 36.0 Å². The molecule has 2 fully saturated rings. The molecule has 2 aromatic carbocycles. The summed E-state index contributed by atoms with van der Waals surface area (Å²) in [5.74, 6) is 3.94. The van der Waals surface area contributed by atoms with E-state index in [0.717, 1.165) is 34.5 Å². The van der Waals surface area contributed by atoms with Gasteiger partial charge in [-0.2, -0.15) is 0 Å². The molecule has 190 valence electrons. The third kappa shape index (κ3) is 10.5. The molecule has 2 aliphatic carbocycles. The molecule has 2 saturated carbocycles. The van der Waals surface area contributed by atoms with Gasteiger partial charge in [0.1, 0.15) is 18.8 Å². The summed E-state index contributed by atoms with van der Waals surface area (Å²) >= 11 is 5.30. The number of rotatable bonds is 8. The van der Waals surface area contributed by atoms with E-state index in [4.69, 9.17) is 21.7 Å². The molecule has 0 aliphatic heterocycles. The average Bonchev–Trinajstić information content (AvgIpc) is 2.88. The maximum atomic E-state index is 5.40. The Morgan fingerprint density at radius 2 is 1.06 bits per heavy atom. The quantitative estimate of drug-likeness (QED) is 0.286. The van der Waals surface area contributed by atoms with Gasteiger partial charge in [0.25, 0.3) is 0 Å². The number of hydrogen-bond donors (Lipinski definition) is 2. The van der Waals surface area contributed by atoms with Gasteiger partial charge in [0, 0.05) is 11.4 Å². The van der Waals surface area contributed by atoms with Crippen molar-refractivity contribution in [1.82, 2.24) is 0 Å². The number of thiocarbonyl (C=S) groups is 1. The van der Waals surface area contributed by atoms with Gasteiger partial charge in [-0.1, -0.05) is 75.8 Å². The molecule has 0 saturated heterocycles.